The maximum absolute atomic E-state index is 11.2. The van der Waals surface area contributed by atoms with Crippen molar-refractivity contribution in [3.8, 4) is 5.75 Å². The van der Waals surface area contributed by atoms with E-state index in [1.54, 1.807) is 12.1 Å². The second kappa shape index (κ2) is 4.80. The van der Waals surface area contributed by atoms with Crippen molar-refractivity contribution >= 4 is 48.6 Å². The van der Waals surface area contributed by atoms with Gasteiger partial charge in [-0.2, -0.15) is 8.42 Å². The van der Waals surface area contributed by atoms with Crippen LogP contribution >= 0.6 is 38.5 Å². The maximum Gasteiger partial charge on any atom is 0.308 e. The third kappa shape index (κ3) is 3.39. The van der Waals surface area contributed by atoms with Crippen LogP contribution in [0.2, 0.25) is 0 Å². The lowest BCUT2D eigenvalue weighted by Crippen LogP contribution is -2.11. The Morgan fingerprint density at radius 1 is 1.50 bits per heavy atom. The van der Waals surface area contributed by atoms with E-state index in [1.807, 2.05) is 6.07 Å². The van der Waals surface area contributed by atoms with Gasteiger partial charge in [0, 0.05) is 3.57 Å². The van der Waals surface area contributed by atoms with E-state index in [0.717, 1.165) is 3.57 Å². The van der Waals surface area contributed by atoms with Gasteiger partial charge in [0.1, 0.15) is 0 Å². The lowest BCUT2D eigenvalue weighted by molar-refractivity contribution is 0.486. The van der Waals surface area contributed by atoms with E-state index in [-0.39, 0.29) is 5.75 Å². The normalized spacial score (nSPS) is 11.4. The molecule has 0 aromatic heterocycles. The highest BCUT2D eigenvalue weighted by Gasteiger charge is 2.11. The van der Waals surface area contributed by atoms with Crippen LogP contribution < -0.4 is 4.18 Å². The summed E-state index contributed by atoms with van der Waals surface area (Å²) in [7, 11) is -3.45. The molecule has 0 atom stereocenters. The molecule has 0 aliphatic rings. The van der Waals surface area contributed by atoms with Crippen molar-refractivity contribution in [2.45, 2.75) is 6.92 Å². The molecule has 1 aromatic rings. The molecule has 0 saturated carbocycles. The van der Waals surface area contributed by atoms with Crippen molar-refractivity contribution < 1.29 is 12.6 Å². The highest BCUT2D eigenvalue weighted by Crippen LogP contribution is 2.27. The Hall–Kier alpha value is 0.180. The van der Waals surface area contributed by atoms with Crippen LogP contribution in [0, 0.1) is 3.57 Å². The first-order valence-corrected chi connectivity index (χ1v) is 7.27. The van der Waals surface area contributed by atoms with Gasteiger partial charge < -0.3 is 4.18 Å². The van der Waals surface area contributed by atoms with Gasteiger partial charge in [-0.25, -0.2) is 0 Å². The third-order valence-corrected chi connectivity index (χ3v) is 3.93. The van der Waals surface area contributed by atoms with E-state index < -0.39 is 10.1 Å². The van der Waals surface area contributed by atoms with Crippen LogP contribution in [-0.4, -0.2) is 14.2 Å². The Bertz CT molecular complexity index is 430. The van der Waals surface area contributed by atoms with Crippen LogP contribution in [0.5, 0.6) is 5.75 Å². The summed E-state index contributed by atoms with van der Waals surface area (Å²) in [6.45, 7) is 1.54. The van der Waals surface area contributed by atoms with Crippen molar-refractivity contribution in [2.24, 2.45) is 0 Å². The van der Waals surface area contributed by atoms with Gasteiger partial charge in [-0.3, -0.25) is 0 Å². The quantitative estimate of drug-likeness (QED) is 0.588. The Balaban J connectivity index is 3.03. The molecule has 3 nitrogen and oxygen atoms in total. The fraction of sp³-hybridized carbons (Fsp3) is 0.250. The summed E-state index contributed by atoms with van der Waals surface area (Å²) >= 11 is 5.31. The van der Waals surface area contributed by atoms with E-state index in [4.69, 9.17) is 4.18 Å². The number of hydrogen-bond donors (Lipinski definition) is 0. The first-order valence-electron chi connectivity index (χ1n) is 3.82. The number of rotatable bonds is 3. The highest BCUT2D eigenvalue weighted by atomic mass is 127. The number of benzene rings is 1. The average Bonchev–Trinajstić information content (AvgIpc) is 2.11. The molecule has 0 heterocycles. The van der Waals surface area contributed by atoms with E-state index >= 15 is 0 Å². The van der Waals surface area contributed by atoms with E-state index in [1.165, 1.54) is 6.92 Å². The minimum atomic E-state index is -3.45. The van der Waals surface area contributed by atoms with Gasteiger partial charge in [-0.15, -0.1) is 0 Å². The van der Waals surface area contributed by atoms with Crippen molar-refractivity contribution in [3.05, 3.63) is 26.2 Å². The molecule has 0 aliphatic heterocycles. The van der Waals surface area contributed by atoms with Crippen LogP contribution in [0.4, 0.5) is 0 Å². The molecule has 0 amide bonds. The van der Waals surface area contributed by atoms with Crippen LogP contribution in [0.3, 0.4) is 0 Å². The summed E-state index contributed by atoms with van der Waals surface area (Å²) in [6, 6.07) is 5.27. The minimum absolute atomic E-state index is 0.0368. The first kappa shape index (κ1) is 12.3. The maximum atomic E-state index is 11.2. The minimum Gasteiger partial charge on any atom is -0.381 e. The second-order valence-electron chi connectivity index (χ2n) is 2.50. The third-order valence-electron chi connectivity index (χ3n) is 1.46. The van der Waals surface area contributed by atoms with Crippen LogP contribution in [0.15, 0.2) is 22.7 Å². The summed E-state index contributed by atoms with van der Waals surface area (Å²) in [4.78, 5) is 0. The van der Waals surface area contributed by atoms with Crippen LogP contribution in [0.1, 0.15) is 6.92 Å². The molecule has 1 aromatic carbocycles. The molecule has 0 bridgehead atoms. The molecular formula is C8H8BrIO3S. The largest absolute Gasteiger partial charge is 0.381 e. The Morgan fingerprint density at radius 3 is 2.71 bits per heavy atom. The molecule has 0 spiro atoms. The smallest absolute Gasteiger partial charge is 0.308 e. The fourth-order valence-electron chi connectivity index (χ4n) is 0.737. The van der Waals surface area contributed by atoms with Crippen molar-refractivity contribution in [3.63, 3.8) is 0 Å². The van der Waals surface area contributed by atoms with Gasteiger partial charge in [0.05, 0.1) is 10.2 Å². The van der Waals surface area contributed by atoms with Gasteiger partial charge in [0.15, 0.2) is 5.75 Å². The monoisotopic (exact) mass is 390 g/mol. The Labute approximate surface area is 105 Å². The molecule has 14 heavy (non-hydrogen) atoms. The second-order valence-corrected chi connectivity index (χ2v) is 6.46. The summed E-state index contributed by atoms with van der Waals surface area (Å²) in [5.74, 6) is 0.295. The van der Waals surface area contributed by atoms with E-state index in [2.05, 4.69) is 38.5 Å². The molecule has 0 aliphatic carbocycles. The predicted molar refractivity (Wildman–Crippen MR) is 66.9 cm³/mol. The zero-order valence-electron chi connectivity index (χ0n) is 7.33. The number of halogens is 2. The lowest BCUT2D eigenvalue weighted by atomic mass is 10.3. The molecule has 78 valence electrons. The van der Waals surface area contributed by atoms with Gasteiger partial charge in [-0.05, 0) is 63.6 Å². The van der Waals surface area contributed by atoms with E-state index in [0.29, 0.717) is 10.2 Å². The molecule has 1 rings (SSSR count). The topological polar surface area (TPSA) is 43.4 Å². The zero-order chi connectivity index (χ0) is 10.8. The summed E-state index contributed by atoms with van der Waals surface area (Å²) in [5.41, 5.74) is 0. The zero-order valence-corrected chi connectivity index (χ0v) is 11.9. The molecular weight excluding hydrogens is 383 g/mol. The van der Waals surface area contributed by atoms with Gasteiger partial charge in [0.25, 0.3) is 0 Å². The van der Waals surface area contributed by atoms with Crippen LogP contribution in [0.25, 0.3) is 0 Å². The standard InChI is InChI=1S/C8H8BrIO3S/c1-2-14(11,12)13-8-5-6(10)3-4-7(8)9/h3-5H,2H2,1H3. The predicted octanol–water partition coefficient (Wildman–Crippen LogP) is 2.78. The van der Waals surface area contributed by atoms with Gasteiger partial charge in [-0.1, -0.05) is 0 Å². The molecule has 0 radical (unpaired) electrons. The summed E-state index contributed by atoms with van der Waals surface area (Å²) in [5, 5.41) is 0. The fourth-order valence-corrected chi connectivity index (χ4v) is 2.16. The molecule has 0 N–H and O–H groups in total. The average molecular weight is 391 g/mol. The Morgan fingerprint density at radius 2 is 2.14 bits per heavy atom. The SMILES string of the molecule is CCS(=O)(=O)Oc1cc(I)ccc1Br. The Kier molecular flexibility index (Phi) is 4.20. The van der Waals surface area contributed by atoms with Gasteiger partial charge >= 0.3 is 10.1 Å². The van der Waals surface area contributed by atoms with Crippen molar-refractivity contribution in [1.29, 1.82) is 0 Å². The first-order chi connectivity index (χ1) is 6.44. The lowest BCUT2D eigenvalue weighted by Gasteiger charge is -2.06. The molecule has 6 heteroatoms. The van der Waals surface area contributed by atoms with Crippen molar-refractivity contribution in [1.82, 2.24) is 0 Å². The molecule has 0 unspecified atom stereocenters. The van der Waals surface area contributed by atoms with Crippen molar-refractivity contribution in [2.75, 3.05) is 5.75 Å². The van der Waals surface area contributed by atoms with Gasteiger partial charge in [0.2, 0.25) is 0 Å². The summed E-state index contributed by atoms with van der Waals surface area (Å²) in [6.07, 6.45) is 0. The number of hydrogen-bond acceptors (Lipinski definition) is 3. The van der Waals surface area contributed by atoms with Crippen LogP contribution in [-0.2, 0) is 10.1 Å². The highest BCUT2D eigenvalue weighted by molar-refractivity contribution is 14.1. The summed E-state index contributed by atoms with van der Waals surface area (Å²) < 4.78 is 28.8. The molecule has 0 saturated heterocycles. The van der Waals surface area contributed by atoms with E-state index in [9.17, 15) is 8.42 Å². The molecule has 0 fully saturated rings.